The number of aryl methyl sites for hydroxylation is 1. The van der Waals surface area contributed by atoms with Gasteiger partial charge in [0.25, 0.3) is 0 Å². The summed E-state index contributed by atoms with van der Waals surface area (Å²) in [6.45, 7) is 3.79. The lowest BCUT2D eigenvalue weighted by Crippen LogP contribution is -2.46. The number of thiazole rings is 1. The van der Waals surface area contributed by atoms with Gasteiger partial charge < -0.3 is 10.6 Å². The first-order valence-electron chi connectivity index (χ1n) is 8.61. The lowest BCUT2D eigenvalue weighted by molar-refractivity contribution is 0.296. The fraction of sp³-hybridized carbons (Fsp3) is 0.556. The van der Waals surface area contributed by atoms with E-state index < -0.39 is 0 Å². The fourth-order valence-corrected chi connectivity index (χ4v) is 5.16. The third-order valence-electron chi connectivity index (χ3n) is 4.93. The van der Waals surface area contributed by atoms with Crippen molar-refractivity contribution < 1.29 is 0 Å². The quantitative estimate of drug-likeness (QED) is 0.363. The SMILES string of the molecule is CN=C(NCc1scnc1C)NCC1(c2cccs2)CCCCC1.I. The van der Waals surface area contributed by atoms with E-state index in [1.807, 2.05) is 23.9 Å². The molecular formula is C18H27IN4S2. The number of rotatable bonds is 5. The lowest BCUT2D eigenvalue weighted by atomic mass is 9.73. The van der Waals surface area contributed by atoms with Crippen molar-refractivity contribution in [1.29, 1.82) is 0 Å². The molecule has 0 bridgehead atoms. The van der Waals surface area contributed by atoms with Gasteiger partial charge in [0.05, 0.1) is 17.7 Å². The molecule has 0 aromatic carbocycles. The molecule has 138 valence electrons. The summed E-state index contributed by atoms with van der Waals surface area (Å²) in [6, 6.07) is 4.48. The first-order valence-corrected chi connectivity index (χ1v) is 10.4. The summed E-state index contributed by atoms with van der Waals surface area (Å²) in [4.78, 5) is 11.5. The Morgan fingerprint density at radius 1 is 1.24 bits per heavy atom. The molecule has 0 spiro atoms. The number of nitrogens with one attached hydrogen (secondary N) is 2. The largest absolute Gasteiger partial charge is 0.355 e. The summed E-state index contributed by atoms with van der Waals surface area (Å²) in [5.41, 5.74) is 3.27. The van der Waals surface area contributed by atoms with Crippen molar-refractivity contribution in [2.45, 2.75) is 51.0 Å². The standard InChI is InChI=1S/C18H26N4S2.HI/c1-14-15(24-13-22-14)11-20-17(19-2)21-12-18(8-4-3-5-9-18)16-7-6-10-23-16;/h6-7,10,13H,3-5,8-9,11-12H2,1-2H3,(H2,19,20,21);1H. The Labute approximate surface area is 175 Å². The second-order valence-electron chi connectivity index (χ2n) is 6.46. The number of hydrogen-bond acceptors (Lipinski definition) is 4. The molecule has 0 atom stereocenters. The van der Waals surface area contributed by atoms with Crippen molar-refractivity contribution in [2.75, 3.05) is 13.6 Å². The van der Waals surface area contributed by atoms with E-state index in [1.54, 1.807) is 11.3 Å². The Morgan fingerprint density at radius 2 is 2.04 bits per heavy atom. The third kappa shape index (κ3) is 5.17. The molecule has 2 aromatic heterocycles. The van der Waals surface area contributed by atoms with Crippen LogP contribution in [-0.2, 0) is 12.0 Å². The number of guanidine groups is 1. The molecule has 1 aliphatic rings. The average molecular weight is 490 g/mol. The Kier molecular flexibility index (Phi) is 8.15. The van der Waals surface area contributed by atoms with E-state index in [0.29, 0.717) is 0 Å². The molecule has 7 heteroatoms. The van der Waals surface area contributed by atoms with Gasteiger partial charge in [-0.2, -0.15) is 0 Å². The van der Waals surface area contributed by atoms with E-state index in [1.165, 1.54) is 41.9 Å². The zero-order chi connectivity index (χ0) is 16.8. The molecule has 2 aromatic rings. The highest BCUT2D eigenvalue weighted by Gasteiger charge is 2.34. The van der Waals surface area contributed by atoms with E-state index in [4.69, 9.17) is 0 Å². The Hall–Kier alpha value is -0.670. The number of thiophene rings is 1. The number of halogens is 1. The van der Waals surface area contributed by atoms with Crippen LogP contribution in [0.4, 0.5) is 0 Å². The maximum atomic E-state index is 4.40. The van der Waals surface area contributed by atoms with Gasteiger partial charge in [0, 0.05) is 28.8 Å². The van der Waals surface area contributed by atoms with Crippen LogP contribution in [-0.4, -0.2) is 24.5 Å². The van der Waals surface area contributed by atoms with Gasteiger partial charge in [0.15, 0.2) is 5.96 Å². The number of aromatic nitrogens is 1. The summed E-state index contributed by atoms with van der Waals surface area (Å²) < 4.78 is 0. The summed E-state index contributed by atoms with van der Waals surface area (Å²) in [5, 5.41) is 9.21. The van der Waals surface area contributed by atoms with Crippen LogP contribution >= 0.6 is 46.7 Å². The van der Waals surface area contributed by atoms with Crippen LogP contribution in [0.5, 0.6) is 0 Å². The van der Waals surface area contributed by atoms with E-state index in [0.717, 1.165) is 24.7 Å². The van der Waals surface area contributed by atoms with Gasteiger partial charge in [-0.25, -0.2) is 4.98 Å². The molecule has 1 saturated carbocycles. The predicted molar refractivity (Wildman–Crippen MR) is 120 cm³/mol. The topological polar surface area (TPSA) is 49.3 Å². The van der Waals surface area contributed by atoms with Gasteiger partial charge in [-0.05, 0) is 31.2 Å². The Bertz CT molecular complexity index is 660. The lowest BCUT2D eigenvalue weighted by Gasteiger charge is -2.37. The van der Waals surface area contributed by atoms with Crippen LogP contribution < -0.4 is 10.6 Å². The first-order chi connectivity index (χ1) is 11.7. The summed E-state index contributed by atoms with van der Waals surface area (Å²) in [5.74, 6) is 0.879. The minimum absolute atomic E-state index is 0. The normalized spacial score (nSPS) is 17.0. The van der Waals surface area contributed by atoms with Crippen LogP contribution in [0.2, 0.25) is 0 Å². The fourth-order valence-electron chi connectivity index (χ4n) is 3.45. The second-order valence-corrected chi connectivity index (χ2v) is 8.35. The minimum atomic E-state index is 0. The van der Waals surface area contributed by atoms with Crippen molar-refractivity contribution in [1.82, 2.24) is 15.6 Å². The van der Waals surface area contributed by atoms with Crippen molar-refractivity contribution in [3.8, 4) is 0 Å². The number of nitrogens with zero attached hydrogens (tertiary/aromatic N) is 2. The van der Waals surface area contributed by atoms with Gasteiger partial charge in [0.1, 0.15) is 0 Å². The average Bonchev–Trinajstić information content (AvgIpc) is 3.28. The van der Waals surface area contributed by atoms with E-state index >= 15 is 0 Å². The zero-order valence-electron chi connectivity index (χ0n) is 14.9. The molecule has 0 radical (unpaired) electrons. The zero-order valence-corrected chi connectivity index (χ0v) is 18.8. The Balaban J connectivity index is 0.00000225. The molecule has 2 N–H and O–H groups in total. The smallest absolute Gasteiger partial charge is 0.191 e. The van der Waals surface area contributed by atoms with Crippen molar-refractivity contribution in [3.05, 3.63) is 38.5 Å². The number of aliphatic imine (C=N–C) groups is 1. The van der Waals surface area contributed by atoms with Gasteiger partial charge in [-0.3, -0.25) is 4.99 Å². The highest BCUT2D eigenvalue weighted by molar-refractivity contribution is 14.0. The molecule has 1 aliphatic carbocycles. The monoisotopic (exact) mass is 490 g/mol. The van der Waals surface area contributed by atoms with Crippen LogP contribution in [0.15, 0.2) is 28.0 Å². The van der Waals surface area contributed by atoms with Crippen molar-refractivity contribution >= 4 is 52.6 Å². The number of hydrogen-bond donors (Lipinski definition) is 2. The highest BCUT2D eigenvalue weighted by Crippen LogP contribution is 2.41. The molecule has 3 rings (SSSR count). The minimum Gasteiger partial charge on any atom is -0.355 e. The molecule has 0 saturated heterocycles. The van der Waals surface area contributed by atoms with Gasteiger partial charge in [-0.1, -0.05) is 25.3 Å². The summed E-state index contributed by atoms with van der Waals surface area (Å²) in [6.07, 6.45) is 6.55. The molecule has 0 amide bonds. The molecule has 0 aliphatic heterocycles. The maximum absolute atomic E-state index is 4.40. The van der Waals surface area contributed by atoms with Gasteiger partial charge in [-0.15, -0.1) is 46.7 Å². The third-order valence-corrected chi connectivity index (χ3v) is 6.98. The molecule has 2 heterocycles. The molecular weight excluding hydrogens is 463 g/mol. The summed E-state index contributed by atoms with van der Waals surface area (Å²) >= 11 is 3.58. The van der Waals surface area contributed by atoms with Crippen LogP contribution in [0, 0.1) is 6.92 Å². The van der Waals surface area contributed by atoms with E-state index in [-0.39, 0.29) is 29.4 Å². The molecule has 0 unspecified atom stereocenters. The summed E-state index contributed by atoms with van der Waals surface area (Å²) in [7, 11) is 1.84. The van der Waals surface area contributed by atoms with E-state index in [2.05, 4.69) is 45.0 Å². The first kappa shape index (κ1) is 20.6. The molecule has 25 heavy (non-hydrogen) atoms. The van der Waals surface area contributed by atoms with Crippen molar-refractivity contribution in [2.24, 2.45) is 4.99 Å². The van der Waals surface area contributed by atoms with Crippen LogP contribution in [0.3, 0.4) is 0 Å². The van der Waals surface area contributed by atoms with Crippen LogP contribution in [0.25, 0.3) is 0 Å². The van der Waals surface area contributed by atoms with Gasteiger partial charge >= 0.3 is 0 Å². The highest BCUT2D eigenvalue weighted by atomic mass is 127. The van der Waals surface area contributed by atoms with Crippen molar-refractivity contribution in [3.63, 3.8) is 0 Å². The molecule has 4 nitrogen and oxygen atoms in total. The maximum Gasteiger partial charge on any atom is 0.191 e. The Morgan fingerprint density at radius 3 is 2.64 bits per heavy atom. The second kappa shape index (κ2) is 9.87. The van der Waals surface area contributed by atoms with Crippen LogP contribution in [0.1, 0.15) is 47.6 Å². The van der Waals surface area contributed by atoms with E-state index in [9.17, 15) is 0 Å². The van der Waals surface area contributed by atoms with Gasteiger partial charge in [0.2, 0.25) is 0 Å². The predicted octanol–water partition coefficient (Wildman–Crippen LogP) is 4.70. The molecule has 1 fully saturated rings.